The van der Waals surface area contributed by atoms with Gasteiger partial charge in [0.25, 0.3) is 0 Å². The van der Waals surface area contributed by atoms with Crippen molar-refractivity contribution >= 4 is 27.5 Å². The van der Waals surface area contributed by atoms with Crippen LogP contribution in [-0.2, 0) is 0 Å². The molecule has 2 aromatic rings. The van der Waals surface area contributed by atoms with Gasteiger partial charge in [-0.15, -0.1) is 0 Å². The first kappa shape index (κ1) is 16.4. The topological polar surface area (TPSA) is 24.9 Å². The number of pyridine rings is 1. The number of nitrogens with zero attached hydrogens (tertiary/aromatic N) is 1. The summed E-state index contributed by atoms with van der Waals surface area (Å²) in [4.78, 5) is 4.20. The first-order valence-corrected chi connectivity index (χ1v) is 8.01. The second-order valence-corrected chi connectivity index (χ2v) is 6.11. The molecule has 1 N–H and O–H groups in total. The molecule has 0 aliphatic heterocycles. The van der Waals surface area contributed by atoms with Crippen molar-refractivity contribution in [3.8, 4) is 0 Å². The molecule has 21 heavy (non-hydrogen) atoms. The van der Waals surface area contributed by atoms with E-state index in [1.165, 1.54) is 0 Å². The lowest BCUT2D eigenvalue weighted by molar-refractivity contribution is 0.546. The van der Waals surface area contributed by atoms with Gasteiger partial charge in [0, 0.05) is 21.9 Å². The Kier molecular flexibility index (Phi) is 5.73. The molecule has 1 aromatic heterocycles. The van der Waals surface area contributed by atoms with Crippen molar-refractivity contribution in [1.82, 2.24) is 10.3 Å². The molecule has 1 aromatic carbocycles. The Bertz CT molecular complexity index is 634. The van der Waals surface area contributed by atoms with Crippen LogP contribution in [0.25, 0.3) is 0 Å². The normalized spacial score (nSPS) is 12.4. The van der Waals surface area contributed by atoms with Gasteiger partial charge in [0.2, 0.25) is 0 Å². The number of aromatic nitrogens is 1. The largest absolute Gasteiger partial charge is 0.306 e. The molecule has 0 saturated carbocycles. The summed E-state index contributed by atoms with van der Waals surface area (Å²) in [6, 6.07) is 7.15. The first-order chi connectivity index (χ1) is 10.0. The molecule has 2 nitrogen and oxygen atoms in total. The summed E-state index contributed by atoms with van der Waals surface area (Å²) < 4.78 is 15.1. The predicted octanol–water partition coefficient (Wildman–Crippen LogP) is 5.03. The van der Waals surface area contributed by atoms with E-state index in [9.17, 15) is 4.39 Å². The van der Waals surface area contributed by atoms with Crippen molar-refractivity contribution in [3.05, 3.63) is 62.6 Å². The molecule has 1 heterocycles. The highest BCUT2D eigenvalue weighted by atomic mass is 79.9. The van der Waals surface area contributed by atoms with Crippen LogP contribution in [0, 0.1) is 12.7 Å². The summed E-state index contributed by atoms with van der Waals surface area (Å²) in [6.07, 6.45) is 2.70. The number of nitrogens with one attached hydrogen (secondary N) is 1. The molecule has 2 rings (SSSR count). The zero-order chi connectivity index (χ0) is 15.4. The van der Waals surface area contributed by atoms with E-state index >= 15 is 0 Å². The fraction of sp³-hybridized carbons (Fsp3) is 0.312. The number of hydrogen-bond acceptors (Lipinski definition) is 2. The summed E-state index contributed by atoms with van der Waals surface area (Å²) in [5.41, 5.74) is 2.43. The predicted molar refractivity (Wildman–Crippen MR) is 88.2 cm³/mol. The number of aryl methyl sites for hydroxylation is 1. The molecular formula is C16H17BrClFN2. The molecule has 0 aliphatic carbocycles. The quantitative estimate of drug-likeness (QED) is 0.745. The maximum atomic E-state index is 14.5. The zero-order valence-electron chi connectivity index (χ0n) is 12.0. The average Bonchev–Trinajstić information content (AvgIpc) is 2.47. The van der Waals surface area contributed by atoms with E-state index in [4.69, 9.17) is 11.6 Å². The Balaban J connectivity index is 2.48. The highest BCUT2D eigenvalue weighted by Gasteiger charge is 2.20. The molecule has 0 spiro atoms. The van der Waals surface area contributed by atoms with Crippen LogP contribution in [0.1, 0.15) is 36.2 Å². The Labute approximate surface area is 137 Å². The van der Waals surface area contributed by atoms with Crippen molar-refractivity contribution in [2.75, 3.05) is 6.54 Å². The van der Waals surface area contributed by atoms with Gasteiger partial charge < -0.3 is 5.32 Å². The van der Waals surface area contributed by atoms with E-state index in [0.717, 1.165) is 24.2 Å². The van der Waals surface area contributed by atoms with Gasteiger partial charge >= 0.3 is 0 Å². The molecule has 0 bridgehead atoms. The minimum Gasteiger partial charge on any atom is -0.306 e. The van der Waals surface area contributed by atoms with Crippen molar-refractivity contribution in [1.29, 1.82) is 0 Å². The van der Waals surface area contributed by atoms with Crippen LogP contribution in [-0.4, -0.2) is 11.5 Å². The maximum absolute atomic E-state index is 14.5. The second-order valence-electron chi connectivity index (χ2n) is 4.88. The smallest absolute Gasteiger partial charge is 0.148 e. The van der Waals surface area contributed by atoms with E-state index in [1.807, 2.05) is 19.1 Å². The van der Waals surface area contributed by atoms with Crippen molar-refractivity contribution in [2.45, 2.75) is 26.3 Å². The summed E-state index contributed by atoms with van der Waals surface area (Å²) in [5.74, 6) is -0.394. The third kappa shape index (κ3) is 3.82. The lowest BCUT2D eigenvalue weighted by atomic mass is 9.98. The Hall–Kier alpha value is -0.970. The summed E-state index contributed by atoms with van der Waals surface area (Å²) >= 11 is 9.27. The van der Waals surface area contributed by atoms with Crippen molar-refractivity contribution < 1.29 is 4.39 Å². The Morgan fingerprint density at radius 2 is 2.14 bits per heavy atom. The molecule has 0 fully saturated rings. The fourth-order valence-corrected chi connectivity index (χ4v) is 2.69. The minimum atomic E-state index is -0.394. The van der Waals surface area contributed by atoms with Crippen LogP contribution in [0.2, 0.25) is 5.02 Å². The minimum absolute atomic E-state index is 0.113. The number of rotatable bonds is 5. The van der Waals surface area contributed by atoms with Gasteiger partial charge in [-0.2, -0.15) is 0 Å². The standard InChI is InChI=1S/C16H17BrClFN2/c1-3-7-21-16(11-6-8-20-10(2)9-11)12-4-5-13(17)14(18)15(12)19/h4-6,8-9,16,21H,3,7H2,1-2H3. The zero-order valence-corrected chi connectivity index (χ0v) is 14.3. The van der Waals surface area contributed by atoms with Crippen LogP contribution in [0.4, 0.5) is 4.39 Å². The van der Waals surface area contributed by atoms with Gasteiger partial charge in [0.15, 0.2) is 0 Å². The number of benzene rings is 1. The van der Waals surface area contributed by atoms with Crippen molar-refractivity contribution in [2.24, 2.45) is 0 Å². The molecule has 0 saturated heterocycles. The van der Waals surface area contributed by atoms with Gasteiger partial charge in [-0.1, -0.05) is 24.6 Å². The second kappa shape index (κ2) is 7.34. The first-order valence-electron chi connectivity index (χ1n) is 6.84. The third-order valence-electron chi connectivity index (χ3n) is 3.23. The molecule has 0 aliphatic rings. The summed E-state index contributed by atoms with van der Waals surface area (Å²) in [5, 5.41) is 3.49. The SMILES string of the molecule is CCCNC(c1ccnc(C)c1)c1ccc(Br)c(Cl)c1F. The molecular weight excluding hydrogens is 355 g/mol. The highest BCUT2D eigenvalue weighted by molar-refractivity contribution is 9.10. The van der Waals surface area contributed by atoms with E-state index in [1.54, 1.807) is 18.3 Å². The Morgan fingerprint density at radius 3 is 2.81 bits per heavy atom. The van der Waals surface area contributed by atoms with E-state index in [-0.39, 0.29) is 11.1 Å². The summed E-state index contributed by atoms with van der Waals surface area (Å²) in [6.45, 7) is 4.79. The lowest BCUT2D eigenvalue weighted by Crippen LogP contribution is -2.24. The van der Waals surface area contributed by atoms with Crippen LogP contribution >= 0.6 is 27.5 Å². The van der Waals surface area contributed by atoms with Crippen LogP contribution < -0.4 is 5.32 Å². The fourth-order valence-electron chi connectivity index (χ4n) is 2.21. The highest BCUT2D eigenvalue weighted by Crippen LogP contribution is 2.33. The molecule has 0 radical (unpaired) electrons. The maximum Gasteiger partial charge on any atom is 0.148 e. The van der Waals surface area contributed by atoms with Gasteiger partial charge in [0.05, 0.1) is 11.1 Å². The van der Waals surface area contributed by atoms with E-state index < -0.39 is 5.82 Å². The number of hydrogen-bond donors (Lipinski definition) is 1. The van der Waals surface area contributed by atoms with Gasteiger partial charge in [-0.25, -0.2) is 4.39 Å². The van der Waals surface area contributed by atoms with Crippen molar-refractivity contribution in [3.63, 3.8) is 0 Å². The number of halogens is 3. The van der Waals surface area contributed by atoms with Gasteiger partial charge in [0.1, 0.15) is 5.82 Å². The van der Waals surface area contributed by atoms with Crippen LogP contribution in [0.5, 0.6) is 0 Å². The van der Waals surface area contributed by atoms with Gasteiger partial charge in [-0.3, -0.25) is 4.98 Å². The van der Waals surface area contributed by atoms with Crippen LogP contribution in [0.15, 0.2) is 34.9 Å². The monoisotopic (exact) mass is 370 g/mol. The van der Waals surface area contributed by atoms with Crippen LogP contribution in [0.3, 0.4) is 0 Å². The Morgan fingerprint density at radius 1 is 1.38 bits per heavy atom. The molecule has 1 atom stereocenters. The summed E-state index contributed by atoms with van der Waals surface area (Å²) in [7, 11) is 0. The molecule has 1 unspecified atom stereocenters. The third-order valence-corrected chi connectivity index (χ3v) is 4.49. The average molecular weight is 372 g/mol. The van der Waals surface area contributed by atoms with Gasteiger partial charge in [-0.05, 0) is 59.6 Å². The van der Waals surface area contributed by atoms with E-state index in [2.05, 4.69) is 33.2 Å². The molecule has 0 amide bonds. The lowest BCUT2D eigenvalue weighted by Gasteiger charge is -2.21. The molecule has 112 valence electrons. The molecule has 5 heteroatoms. The van der Waals surface area contributed by atoms with E-state index in [0.29, 0.717) is 10.0 Å².